The molecule has 0 bridgehead atoms. The van der Waals surface area contributed by atoms with Gasteiger partial charge in [-0.2, -0.15) is 0 Å². The maximum absolute atomic E-state index is 11.8. The van der Waals surface area contributed by atoms with E-state index in [9.17, 15) is 8.42 Å². The van der Waals surface area contributed by atoms with Crippen molar-refractivity contribution in [2.75, 3.05) is 23.0 Å². The molecule has 0 spiro atoms. The molecule has 1 aromatic carbocycles. The largest absolute Gasteiger partial charge is 0.494 e. The summed E-state index contributed by atoms with van der Waals surface area (Å²) in [7, 11) is -1.99. The first-order valence-electron chi connectivity index (χ1n) is 11.1. The summed E-state index contributed by atoms with van der Waals surface area (Å²) in [5.41, 5.74) is 2.87. The Balaban J connectivity index is 1.64. The zero-order valence-corrected chi connectivity index (χ0v) is 21.2. The number of nitrogens with one attached hydrogen (secondary N) is 2. The van der Waals surface area contributed by atoms with E-state index in [0.29, 0.717) is 16.5 Å². The number of methoxy groups -OCH3 is 1. The number of anilines is 2. The summed E-state index contributed by atoms with van der Waals surface area (Å²) in [6.45, 7) is 0. The highest BCUT2D eigenvalue weighted by molar-refractivity contribution is 7.92. The number of aromatic nitrogens is 3. The highest BCUT2D eigenvalue weighted by Gasteiger charge is 2.42. The molecule has 1 aliphatic rings. The number of hydrogen-bond donors (Lipinski definition) is 2. The maximum Gasteiger partial charge on any atom is 0.229 e. The van der Waals surface area contributed by atoms with Gasteiger partial charge in [-0.25, -0.2) is 13.4 Å². The van der Waals surface area contributed by atoms with Gasteiger partial charge in [-0.05, 0) is 60.7 Å². The Morgan fingerprint density at radius 1 is 1.03 bits per heavy atom. The number of nitrogens with zero attached hydrogens (tertiary/aromatic N) is 4. The fourth-order valence-electron chi connectivity index (χ4n) is 4.39. The summed E-state index contributed by atoms with van der Waals surface area (Å²) in [4.78, 5) is 11.1. The van der Waals surface area contributed by atoms with E-state index in [2.05, 4.69) is 20.0 Å². The van der Waals surface area contributed by atoms with Gasteiger partial charge >= 0.3 is 0 Å². The molecule has 0 unspecified atom stereocenters. The van der Waals surface area contributed by atoms with E-state index in [4.69, 9.17) is 17.0 Å². The van der Waals surface area contributed by atoms with Gasteiger partial charge in [0.1, 0.15) is 17.6 Å². The highest BCUT2D eigenvalue weighted by atomic mass is 32.2. The predicted molar refractivity (Wildman–Crippen MR) is 143 cm³/mol. The monoisotopic (exact) mass is 520 g/mol. The molecular formula is C25H24N6O3S2. The molecule has 5 rings (SSSR count). The number of ether oxygens (including phenoxy) is 1. The second-order valence-corrected chi connectivity index (χ2v) is 10.4. The SMILES string of the molecule is COc1cc(N2C(=S)N[C@@H](c3ccccn3)[C@@H]2c2cccn2-c2ccccn2)ccc1NS(C)(=O)=O. The van der Waals surface area contributed by atoms with Crippen molar-refractivity contribution in [3.63, 3.8) is 0 Å². The number of sulfonamides is 1. The average molecular weight is 521 g/mol. The van der Waals surface area contributed by atoms with Gasteiger partial charge < -0.3 is 19.5 Å². The minimum absolute atomic E-state index is 0.254. The average Bonchev–Trinajstić information content (AvgIpc) is 3.49. The van der Waals surface area contributed by atoms with E-state index in [1.807, 2.05) is 70.3 Å². The normalized spacial score (nSPS) is 17.6. The summed E-state index contributed by atoms with van der Waals surface area (Å²) >= 11 is 5.82. The Labute approximate surface area is 214 Å². The molecule has 1 aliphatic heterocycles. The molecule has 1 fully saturated rings. The first kappa shape index (κ1) is 23.8. The fraction of sp³-hybridized carbons (Fsp3) is 0.160. The van der Waals surface area contributed by atoms with Gasteiger partial charge in [0.05, 0.1) is 30.8 Å². The highest BCUT2D eigenvalue weighted by Crippen LogP contribution is 2.43. The lowest BCUT2D eigenvalue weighted by Gasteiger charge is -2.29. The Morgan fingerprint density at radius 3 is 2.47 bits per heavy atom. The first-order chi connectivity index (χ1) is 17.4. The minimum atomic E-state index is -3.48. The molecule has 0 saturated carbocycles. The fourth-order valence-corrected chi connectivity index (χ4v) is 5.30. The quantitative estimate of drug-likeness (QED) is 0.355. The summed E-state index contributed by atoms with van der Waals surface area (Å²) in [5.74, 6) is 1.15. The van der Waals surface area contributed by atoms with Gasteiger partial charge in [0.2, 0.25) is 10.0 Å². The molecular weight excluding hydrogens is 496 g/mol. The molecule has 0 amide bonds. The van der Waals surface area contributed by atoms with E-state index in [1.54, 1.807) is 24.5 Å². The van der Waals surface area contributed by atoms with E-state index in [-0.39, 0.29) is 12.1 Å². The molecule has 36 heavy (non-hydrogen) atoms. The van der Waals surface area contributed by atoms with Crippen molar-refractivity contribution in [2.24, 2.45) is 0 Å². The van der Waals surface area contributed by atoms with Crippen LogP contribution in [-0.2, 0) is 10.0 Å². The maximum atomic E-state index is 11.8. The third kappa shape index (κ3) is 4.62. The van der Waals surface area contributed by atoms with E-state index < -0.39 is 10.0 Å². The Hall–Kier alpha value is -3.96. The molecule has 4 heterocycles. The van der Waals surface area contributed by atoms with Gasteiger partial charge in [0.15, 0.2) is 5.11 Å². The molecule has 184 valence electrons. The Morgan fingerprint density at radius 2 is 1.81 bits per heavy atom. The van der Waals surface area contributed by atoms with Crippen LogP contribution in [0.25, 0.3) is 5.82 Å². The molecule has 0 radical (unpaired) electrons. The lowest BCUT2D eigenvalue weighted by atomic mass is 10.0. The van der Waals surface area contributed by atoms with Crippen LogP contribution in [0.1, 0.15) is 23.5 Å². The number of rotatable bonds is 7. The molecule has 3 aromatic heterocycles. The second-order valence-electron chi connectivity index (χ2n) is 8.25. The van der Waals surface area contributed by atoms with Crippen LogP contribution in [-0.4, -0.2) is 41.4 Å². The standard InChI is InChI=1S/C25H24N6O3S2/c1-34-21-16-17(11-12-18(21)29-36(2,32)33)31-24(23(28-25(31)35)19-8-3-5-13-26-19)20-9-7-15-30(20)22-10-4-6-14-27-22/h3-16,23-24,29H,1-2H3,(H,28,35)/t23-,24-/m0/s1. The molecule has 0 aliphatic carbocycles. The van der Waals surface area contributed by atoms with E-state index in [0.717, 1.165) is 29.1 Å². The van der Waals surface area contributed by atoms with Crippen LogP contribution in [0.3, 0.4) is 0 Å². The van der Waals surface area contributed by atoms with Crippen molar-refractivity contribution in [1.82, 2.24) is 19.9 Å². The number of pyridine rings is 2. The van der Waals surface area contributed by atoms with Crippen molar-refractivity contribution in [3.05, 3.63) is 96.7 Å². The molecule has 2 N–H and O–H groups in total. The van der Waals surface area contributed by atoms with Gasteiger partial charge in [0, 0.05) is 36.0 Å². The molecule has 11 heteroatoms. The Bertz CT molecular complexity index is 1490. The third-order valence-electron chi connectivity index (χ3n) is 5.84. The van der Waals surface area contributed by atoms with Crippen LogP contribution in [0.5, 0.6) is 5.75 Å². The summed E-state index contributed by atoms with van der Waals surface area (Å²) in [5, 5.41) is 3.94. The van der Waals surface area contributed by atoms with Crippen LogP contribution < -0.4 is 19.7 Å². The van der Waals surface area contributed by atoms with Gasteiger partial charge in [-0.1, -0.05) is 12.1 Å². The number of thiocarbonyl (C=S) groups is 1. The zero-order chi connectivity index (χ0) is 25.3. The van der Waals surface area contributed by atoms with E-state index in [1.165, 1.54) is 7.11 Å². The minimum Gasteiger partial charge on any atom is -0.494 e. The topological polar surface area (TPSA) is 101 Å². The van der Waals surface area contributed by atoms with Gasteiger partial charge in [-0.3, -0.25) is 9.71 Å². The number of benzene rings is 1. The van der Waals surface area contributed by atoms with Gasteiger partial charge in [-0.15, -0.1) is 0 Å². The van der Waals surface area contributed by atoms with Crippen molar-refractivity contribution in [3.8, 4) is 11.6 Å². The van der Waals surface area contributed by atoms with Crippen LogP contribution >= 0.6 is 12.2 Å². The second kappa shape index (κ2) is 9.59. The van der Waals surface area contributed by atoms with Crippen LogP contribution in [0.2, 0.25) is 0 Å². The van der Waals surface area contributed by atoms with Crippen molar-refractivity contribution in [2.45, 2.75) is 12.1 Å². The summed E-state index contributed by atoms with van der Waals surface area (Å²) in [6.07, 6.45) is 6.57. The third-order valence-corrected chi connectivity index (χ3v) is 6.74. The van der Waals surface area contributed by atoms with Crippen LogP contribution in [0, 0.1) is 0 Å². The van der Waals surface area contributed by atoms with Gasteiger partial charge in [0.25, 0.3) is 0 Å². The van der Waals surface area contributed by atoms with Crippen molar-refractivity contribution < 1.29 is 13.2 Å². The number of hydrogen-bond acceptors (Lipinski definition) is 6. The predicted octanol–water partition coefficient (Wildman–Crippen LogP) is 3.82. The van der Waals surface area contributed by atoms with Crippen LogP contribution in [0.4, 0.5) is 11.4 Å². The lowest BCUT2D eigenvalue weighted by Crippen LogP contribution is -2.30. The van der Waals surface area contributed by atoms with Crippen molar-refractivity contribution in [1.29, 1.82) is 0 Å². The molecule has 2 atom stereocenters. The Kier molecular flexibility index (Phi) is 6.33. The molecule has 1 saturated heterocycles. The van der Waals surface area contributed by atoms with E-state index >= 15 is 0 Å². The van der Waals surface area contributed by atoms with Crippen LogP contribution in [0.15, 0.2) is 85.3 Å². The smallest absolute Gasteiger partial charge is 0.229 e. The zero-order valence-electron chi connectivity index (χ0n) is 19.6. The molecule has 9 nitrogen and oxygen atoms in total. The summed E-state index contributed by atoms with van der Waals surface area (Å²) < 4.78 is 33.7. The van der Waals surface area contributed by atoms with Crippen molar-refractivity contribution >= 4 is 38.7 Å². The lowest BCUT2D eigenvalue weighted by molar-refractivity contribution is 0.417. The first-order valence-corrected chi connectivity index (χ1v) is 13.4. The summed E-state index contributed by atoms with van der Waals surface area (Å²) in [6, 6.07) is 20.2. The molecule has 4 aromatic rings.